The highest BCUT2D eigenvalue weighted by Crippen LogP contribution is 1.78. The summed E-state index contributed by atoms with van der Waals surface area (Å²) >= 11 is 0. The first-order valence-electron chi connectivity index (χ1n) is 2.58. The normalized spacial score (nSPS) is 15.8. The molecular weight excluding hydrogens is 100 g/mol. The van der Waals surface area contributed by atoms with Crippen molar-refractivity contribution in [2.24, 2.45) is 11.5 Å². The fourth-order valence-electron chi connectivity index (χ4n) is 0.304. The summed E-state index contributed by atoms with van der Waals surface area (Å²) in [7, 11) is 0. The maximum Gasteiger partial charge on any atom is 0.0197 e. The molecule has 0 radical (unpaired) electrons. The standard InChI is InChI=1S/C6H12N2/c1-6(8)4-2-3-5-7/h2-6H,7-8H2,1H3/b4-2-,5-3-. The Morgan fingerprint density at radius 3 is 2.38 bits per heavy atom. The first kappa shape index (κ1) is 7.24. The van der Waals surface area contributed by atoms with E-state index >= 15 is 0 Å². The number of allylic oxidation sites excluding steroid dienone is 2. The summed E-state index contributed by atoms with van der Waals surface area (Å²) in [6, 6.07) is 0.117. The summed E-state index contributed by atoms with van der Waals surface area (Å²) < 4.78 is 0. The third kappa shape index (κ3) is 5.24. The van der Waals surface area contributed by atoms with Gasteiger partial charge in [-0.1, -0.05) is 12.2 Å². The predicted octanol–water partition coefficient (Wildman–Crippen LogP) is 0.362. The van der Waals surface area contributed by atoms with Crippen LogP contribution in [0.2, 0.25) is 0 Å². The van der Waals surface area contributed by atoms with Crippen molar-refractivity contribution in [2.75, 3.05) is 0 Å². The van der Waals surface area contributed by atoms with Crippen LogP contribution >= 0.6 is 0 Å². The van der Waals surface area contributed by atoms with E-state index in [1.165, 1.54) is 6.20 Å². The monoisotopic (exact) mass is 112 g/mol. The highest BCUT2D eigenvalue weighted by Gasteiger charge is 1.77. The van der Waals surface area contributed by atoms with E-state index in [4.69, 9.17) is 11.5 Å². The van der Waals surface area contributed by atoms with Gasteiger partial charge in [0.05, 0.1) is 0 Å². The summed E-state index contributed by atoms with van der Waals surface area (Å²) in [6.07, 6.45) is 6.90. The lowest BCUT2D eigenvalue weighted by Crippen LogP contribution is -2.09. The first-order valence-corrected chi connectivity index (χ1v) is 2.58. The zero-order valence-electron chi connectivity index (χ0n) is 5.04. The summed E-state index contributed by atoms with van der Waals surface area (Å²) in [5.41, 5.74) is 10.4. The van der Waals surface area contributed by atoms with Crippen molar-refractivity contribution >= 4 is 0 Å². The minimum Gasteiger partial charge on any atom is -0.405 e. The maximum atomic E-state index is 5.37. The van der Waals surface area contributed by atoms with Crippen molar-refractivity contribution in [3.8, 4) is 0 Å². The fraction of sp³-hybridized carbons (Fsp3) is 0.333. The zero-order valence-corrected chi connectivity index (χ0v) is 5.04. The molecule has 4 N–H and O–H groups in total. The van der Waals surface area contributed by atoms with Crippen molar-refractivity contribution in [3.05, 3.63) is 24.4 Å². The smallest absolute Gasteiger partial charge is 0.0197 e. The van der Waals surface area contributed by atoms with Gasteiger partial charge in [-0.25, -0.2) is 0 Å². The Labute approximate surface area is 49.9 Å². The molecule has 2 heteroatoms. The Bertz CT molecular complexity index is 92.7. The minimum absolute atomic E-state index is 0.117. The first-order chi connectivity index (χ1) is 3.77. The third-order valence-corrected chi connectivity index (χ3v) is 0.637. The van der Waals surface area contributed by atoms with Crippen LogP contribution in [0, 0.1) is 0 Å². The van der Waals surface area contributed by atoms with E-state index in [0.717, 1.165) is 0 Å². The highest BCUT2D eigenvalue weighted by molar-refractivity contribution is 5.03. The second kappa shape index (κ2) is 4.40. The molecule has 0 aliphatic heterocycles. The quantitative estimate of drug-likeness (QED) is 0.507. The fourth-order valence-corrected chi connectivity index (χ4v) is 0.304. The number of nitrogens with two attached hydrogens (primary N) is 2. The largest absolute Gasteiger partial charge is 0.405 e. The molecule has 0 aliphatic rings. The van der Waals surface area contributed by atoms with Gasteiger partial charge in [-0.15, -0.1) is 0 Å². The Kier molecular flexibility index (Phi) is 3.98. The van der Waals surface area contributed by atoms with Crippen LogP contribution in [0.25, 0.3) is 0 Å². The van der Waals surface area contributed by atoms with Crippen molar-refractivity contribution in [3.63, 3.8) is 0 Å². The van der Waals surface area contributed by atoms with Crippen LogP contribution in [0.15, 0.2) is 24.4 Å². The van der Waals surface area contributed by atoms with Crippen LogP contribution in [-0.2, 0) is 0 Å². The van der Waals surface area contributed by atoms with E-state index in [0.29, 0.717) is 0 Å². The molecule has 0 aromatic carbocycles. The number of hydrogen-bond acceptors (Lipinski definition) is 2. The van der Waals surface area contributed by atoms with Gasteiger partial charge >= 0.3 is 0 Å². The molecule has 0 saturated carbocycles. The lowest BCUT2D eigenvalue weighted by Gasteiger charge is -1.89. The second-order valence-corrected chi connectivity index (χ2v) is 1.63. The van der Waals surface area contributed by atoms with E-state index in [9.17, 15) is 0 Å². The molecule has 8 heavy (non-hydrogen) atoms. The van der Waals surface area contributed by atoms with Crippen molar-refractivity contribution in [2.45, 2.75) is 13.0 Å². The molecule has 0 aromatic rings. The topological polar surface area (TPSA) is 52.0 Å². The average molecular weight is 112 g/mol. The predicted molar refractivity (Wildman–Crippen MR) is 36.1 cm³/mol. The SMILES string of the molecule is CC(N)/C=C\C=C/N. The van der Waals surface area contributed by atoms with E-state index in [1.54, 1.807) is 6.08 Å². The Morgan fingerprint density at radius 1 is 1.38 bits per heavy atom. The number of rotatable bonds is 2. The van der Waals surface area contributed by atoms with E-state index < -0.39 is 0 Å². The van der Waals surface area contributed by atoms with Crippen LogP contribution in [0.3, 0.4) is 0 Å². The summed E-state index contributed by atoms with van der Waals surface area (Å²) in [4.78, 5) is 0. The Morgan fingerprint density at radius 2 is 2.00 bits per heavy atom. The molecule has 46 valence electrons. The van der Waals surface area contributed by atoms with Crippen LogP contribution < -0.4 is 11.5 Å². The van der Waals surface area contributed by atoms with Crippen LogP contribution in [0.4, 0.5) is 0 Å². The Hall–Kier alpha value is -0.760. The van der Waals surface area contributed by atoms with E-state index in [1.807, 2.05) is 19.1 Å². The van der Waals surface area contributed by atoms with Gasteiger partial charge in [-0.05, 0) is 19.2 Å². The lowest BCUT2D eigenvalue weighted by atomic mass is 10.3. The second-order valence-electron chi connectivity index (χ2n) is 1.63. The van der Waals surface area contributed by atoms with Crippen LogP contribution in [0.5, 0.6) is 0 Å². The molecule has 0 saturated heterocycles. The molecule has 0 spiro atoms. The molecular formula is C6H12N2. The summed E-state index contributed by atoms with van der Waals surface area (Å²) in [6.45, 7) is 1.90. The molecule has 1 atom stereocenters. The molecule has 0 aliphatic carbocycles. The van der Waals surface area contributed by atoms with E-state index in [-0.39, 0.29) is 6.04 Å². The van der Waals surface area contributed by atoms with Crippen molar-refractivity contribution in [1.82, 2.24) is 0 Å². The van der Waals surface area contributed by atoms with Gasteiger partial charge in [-0.3, -0.25) is 0 Å². The van der Waals surface area contributed by atoms with Gasteiger partial charge in [0.15, 0.2) is 0 Å². The molecule has 2 nitrogen and oxygen atoms in total. The molecule has 0 aromatic heterocycles. The lowest BCUT2D eigenvalue weighted by molar-refractivity contribution is 0.926. The molecule has 0 bridgehead atoms. The summed E-state index contributed by atoms with van der Waals surface area (Å²) in [5, 5.41) is 0. The van der Waals surface area contributed by atoms with Gasteiger partial charge in [-0.2, -0.15) is 0 Å². The molecule has 0 heterocycles. The molecule has 0 amide bonds. The average Bonchev–Trinajstić information content (AvgIpc) is 1.66. The van der Waals surface area contributed by atoms with Crippen LogP contribution in [0.1, 0.15) is 6.92 Å². The van der Waals surface area contributed by atoms with Gasteiger partial charge in [0.1, 0.15) is 0 Å². The highest BCUT2D eigenvalue weighted by atomic mass is 14.6. The summed E-state index contributed by atoms with van der Waals surface area (Å²) in [5.74, 6) is 0. The van der Waals surface area contributed by atoms with E-state index in [2.05, 4.69) is 0 Å². The van der Waals surface area contributed by atoms with Gasteiger partial charge in [0.2, 0.25) is 0 Å². The maximum absolute atomic E-state index is 5.37. The molecule has 0 fully saturated rings. The molecule has 1 unspecified atom stereocenters. The van der Waals surface area contributed by atoms with Crippen molar-refractivity contribution in [1.29, 1.82) is 0 Å². The molecule has 0 rings (SSSR count). The third-order valence-electron chi connectivity index (χ3n) is 0.637. The Balaban J connectivity index is 3.34. The minimum atomic E-state index is 0.117. The van der Waals surface area contributed by atoms with Crippen molar-refractivity contribution < 1.29 is 0 Å². The van der Waals surface area contributed by atoms with Gasteiger partial charge in [0.25, 0.3) is 0 Å². The zero-order chi connectivity index (χ0) is 6.41. The van der Waals surface area contributed by atoms with Gasteiger partial charge in [0, 0.05) is 6.04 Å². The van der Waals surface area contributed by atoms with Gasteiger partial charge < -0.3 is 11.5 Å². The number of hydrogen-bond donors (Lipinski definition) is 2. The van der Waals surface area contributed by atoms with Crippen LogP contribution in [-0.4, -0.2) is 6.04 Å².